The maximum Gasteiger partial charge on any atom is 0.416 e. The van der Waals surface area contributed by atoms with Crippen molar-refractivity contribution in [1.29, 1.82) is 0 Å². The first kappa shape index (κ1) is 22.9. The van der Waals surface area contributed by atoms with E-state index in [9.17, 15) is 18.0 Å². The number of halogens is 4. The second-order valence-electron chi connectivity index (χ2n) is 7.69. The summed E-state index contributed by atoms with van der Waals surface area (Å²) in [6, 6.07) is 15.7. The highest BCUT2D eigenvalue weighted by molar-refractivity contribution is 6.30. The average Bonchev–Trinajstić information content (AvgIpc) is 2.81. The molecule has 0 unspecified atom stereocenters. The fraction of sp³-hybridized carbons (Fsp3) is 0.250. The Morgan fingerprint density at radius 2 is 1.52 bits per heavy atom. The van der Waals surface area contributed by atoms with Gasteiger partial charge in [0.05, 0.1) is 10.6 Å². The van der Waals surface area contributed by atoms with E-state index in [2.05, 4.69) is 9.88 Å². The predicted octanol–water partition coefficient (Wildman–Crippen LogP) is 5.67. The summed E-state index contributed by atoms with van der Waals surface area (Å²) in [6.45, 7) is 2.29. The standard InChI is InChI=1S/C24H21ClF3N3O2/c25-20-7-10-22(29-16-20)30-11-13-31(14-12-30)23(32)33-21-8-3-18(4-9-21)15-17-1-5-19(6-2-17)24(26,27)28/h1-10,16H,11-15H2. The van der Waals surface area contributed by atoms with Crippen LogP contribution < -0.4 is 9.64 Å². The van der Waals surface area contributed by atoms with Gasteiger partial charge in [0.2, 0.25) is 0 Å². The number of ether oxygens (including phenoxy) is 1. The molecule has 5 nitrogen and oxygen atoms in total. The largest absolute Gasteiger partial charge is 0.416 e. The SMILES string of the molecule is O=C(Oc1ccc(Cc2ccc(C(F)(F)F)cc2)cc1)N1CCN(c2ccc(Cl)cn2)CC1. The molecule has 9 heteroatoms. The van der Waals surface area contributed by atoms with Crippen LogP contribution in [0, 0.1) is 0 Å². The fourth-order valence-electron chi connectivity index (χ4n) is 3.56. The van der Waals surface area contributed by atoms with Crippen LogP contribution in [0.2, 0.25) is 5.02 Å². The van der Waals surface area contributed by atoms with Gasteiger partial charge in [0.1, 0.15) is 11.6 Å². The van der Waals surface area contributed by atoms with Gasteiger partial charge < -0.3 is 14.5 Å². The highest BCUT2D eigenvalue weighted by atomic mass is 35.5. The summed E-state index contributed by atoms with van der Waals surface area (Å²) in [6.07, 6.45) is -2.69. The van der Waals surface area contributed by atoms with Crippen LogP contribution >= 0.6 is 11.6 Å². The molecule has 0 atom stereocenters. The molecule has 0 spiro atoms. The van der Waals surface area contributed by atoms with Crippen LogP contribution in [0.4, 0.5) is 23.8 Å². The predicted molar refractivity (Wildman–Crippen MR) is 120 cm³/mol. The summed E-state index contributed by atoms with van der Waals surface area (Å²) < 4.78 is 43.5. The molecular formula is C24H21ClF3N3O2. The molecule has 1 aliphatic heterocycles. The Kier molecular flexibility index (Phi) is 6.74. The molecule has 1 saturated heterocycles. The monoisotopic (exact) mass is 475 g/mol. The van der Waals surface area contributed by atoms with Gasteiger partial charge >= 0.3 is 12.3 Å². The van der Waals surface area contributed by atoms with E-state index >= 15 is 0 Å². The Bertz CT molecular complexity index is 1080. The average molecular weight is 476 g/mol. The van der Waals surface area contributed by atoms with E-state index in [4.69, 9.17) is 16.3 Å². The van der Waals surface area contributed by atoms with Crippen molar-refractivity contribution in [1.82, 2.24) is 9.88 Å². The number of nitrogens with zero attached hydrogens (tertiary/aromatic N) is 3. The maximum absolute atomic E-state index is 12.7. The van der Waals surface area contributed by atoms with Crippen LogP contribution in [0.5, 0.6) is 5.75 Å². The number of hydrogen-bond donors (Lipinski definition) is 0. The minimum atomic E-state index is -4.34. The Morgan fingerprint density at radius 1 is 0.909 bits per heavy atom. The highest BCUT2D eigenvalue weighted by Gasteiger charge is 2.30. The third kappa shape index (κ3) is 5.96. The van der Waals surface area contributed by atoms with Crippen molar-refractivity contribution in [2.45, 2.75) is 12.6 Å². The lowest BCUT2D eigenvalue weighted by Crippen LogP contribution is -2.49. The first-order chi connectivity index (χ1) is 15.8. The van der Waals surface area contributed by atoms with Crippen LogP contribution in [0.1, 0.15) is 16.7 Å². The van der Waals surface area contributed by atoms with Gasteiger partial charge in [-0.2, -0.15) is 13.2 Å². The van der Waals surface area contributed by atoms with Gasteiger partial charge in [-0.3, -0.25) is 0 Å². The van der Waals surface area contributed by atoms with Crippen molar-refractivity contribution in [3.05, 3.63) is 88.6 Å². The zero-order chi connectivity index (χ0) is 23.4. The Morgan fingerprint density at radius 3 is 2.06 bits per heavy atom. The number of amides is 1. The molecule has 1 amide bonds. The molecule has 0 radical (unpaired) electrons. The third-order valence-corrected chi connectivity index (χ3v) is 5.62. The third-order valence-electron chi connectivity index (χ3n) is 5.39. The topological polar surface area (TPSA) is 45.7 Å². The second-order valence-corrected chi connectivity index (χ2v) is 8.13. The second kappa shape index (κ2) is 9.70. The van der Waals surface area contributed by atoms with Crippen LogP contribution in [-0.2, 0) is 12.6 Å². The Hall–Kier alpha value is -3.26. The van der Waals surface area contributed by atoms with E-state index < -0.39 is 17.8 Å². The highest BCUT2D eigenvalue weighted by Crippen LogP contribution is 2.29. The minimum Gasteiger partial charge on any atom is -0.410 e. The van der Waals surface area contributed by atoms with E-state index in [-0.39, 0.29) is 0 Å². The summed E-state index contributed by atoms with van der Waals surface area (Å²) >= 11 is 5.88. The zero-order valence-corrected chi connectivity index (χ0v) is 18.3. The maximum atomic E-state index is 12.7. The molecule has 0 saturated carbocycles. The van der Waals surface area contributed by atoms with Gasteiger partial charge in [0, 0.05) is 32.4 Å². The number of piperazine rings is 1. The van der Waals surface area contributed by atoms with E-state index in [1.165, 1.54) is 12.1 Å². The molecule has 1 fully saturated rings. The molecule has 0 aliphatic carbocycles. The van der Waals surface area contributed by atoms with Gasteiger partial charge in [-0.05, 0) is 53.9 Å². The lowest BCUT2D eigenvalue weighted by molar-refractivity contribution is -0.137. The number of carbonyl (C=O) groups excluding carboxylic acids is 1. The summed E-state index contributed by atoms with van der Waals surface area (Å²) in [5.41, 5.74) is 0.998. The van der Waals surface area contributed by atoms with E-state index in [1.807, 2.05) is 6.07 Å². The van der Waals surface area contributed by atoms with Crippen molar-refractivity contribution < 1.29 is 22.7 Å². The number of rotatable bonds is 4. The number of carbonyl (C=O) groups is 1. The van der Waals surface area contributed by atoms with Gasteiger partial charge in [0.25, 0.3) is 0 Å². The van der Waals surface area contributed by atoms with Crippen molar-refractivity contribution in [3.8, 4) is 5.75 Å². The molecule has 33 heavy (non-hydrogen) atoms. The lowest BCUT2D eigenvalue weighted by Gasteiger charge is -2.34. The zero-order valence-electron chi connectivity index (χ0n) is 17.6. The molecule has 172 valence electrons. The number of pyridine rings is 1. The van der Waals surface area contributed by atoms with Crippen molar-refractivity contribution in [2.75, 3.05) is 31.1 Å². The minimum absolute atomic E-state index is 0.415. The molecule has 1 aliphatic rings. The first-order valence-electron chi connectivity index (χ1n) is 10.4. The summed E-state index contributed by atoms with van der Waals surface area (Å²) in [7, 11) is 0. The number of aromatic nitrogens is 1. The molecule has 2 aromatic carbocycles. The van der Waals surface area contributed by atoms with Gasteiger partial charge in [-0.1, -0.05) is 35.9 Å². The van der Waals surface area contributed by atoms with Gasteiger partial charge in [-0.15, -0.1) is 0 Å². The van der Waals surface area contributed by atoms with Crippen LogP contribution in [0.25, 0.3) is 0 Å². The molecule has 0 N–H and O–H groups in total. The van der Waals surface area contributed by atoms with Crippen LogP contribution in [0.3, 0.4) is 0 Å². The lowest BCUT2D eigenvalue weighted by atomic mass is 10.0. The smallest absolute Gasteiger partial charge is 0.410 e. The van der Waals surface area contributed by atoms with Crippen molar-refractivity contribution >= 4 is 23.5 Å². The molecule has 3 aromatic rings. The Balaban J connectivity index is 1.28. The van der Waals surface area contributed by atoms with Crippen LogP contribution in [-0.4, -0.2) is 42.2 Å². The molecule has 0 bridgehead atoms. The summed E-state index contributed by atoms with van der Waals surface area (Å²) in [5, 5.41) is 0.575. The number of benzene rings is 2. The molecular weight excluding hydrogens is 455 g/mol. The van der Waals surface area contributed by atoms with Gasteiger partial charge in [0.15, 0.2) is 0 Å². The number of hydrogen-bond acceptors (Lipinski definition) is 4. The molecule has 2 heterocycles. The molecule has 1 aromatic heterocycles. The normalized spacial score (nSPS) is 14.3. The molecule has 4 rings (SSSR count). The summed E-state index contributed by atoms with van der Waals surface area (Å²) in [5.74, 6) is 1.23. The summed E-state index contributed by atoms with van der Waals surface area (Å²) in [4.78, 5) is 20.5. The van der Waals surface area contributed by atoms with E-state index in [0.29, 0.717) is 43.4 Å². The quantitative estimate of drug-likeness (QED) is 0.488. The van der Waals surface area contributed by atoms with Crippen molar-refractivity contribution in [2.24, 2.45) is 0 Å². The first-order valence-corrected chi connectivity index (χ1v) is 10.7. The number of alkyl halides is 3. The van der Waals surface area contributed by atoms with Crippen molar-refractivity contribution in [3.63, 3.8) is 0 Å². The number of anilines is 1. The van der Waals surface area contributed by atoms with Crippen LogP contribution in [0.15, 0.2) is 66.9 Å². The van der Waals surface area contributed by atoms with E-state index in [0.717, 1.165) is 29.1 Å². The Labute approximate surface area is 194 Å². The fourth-order valence-corrected chi connectivity index (χ4v) is 3.67. The van der Waals surface area contributed by atoms with Gasteiger partial charge in [-0.25, -0.2) is 9.78 Å². The van der Waals surface area contributed by atoms with E-state index in [1.54, 1.807) is 41.4 Å².